The number of aldehydes is 1. The van der Waals surface area contributed by atoms with Gasteiger partial charge in [-0.05, 0) is 168 Å². The van der Waals surface area contributed by atoms with Crippen LogP contribution in [0, 0.1) is 55.4 Å². The molecule has 6 aromatic heterocycles. The van der Waals surface area contributed by atoms with Crippen LogP contribution in [0.15, 0.2) is 146 Å². The van der Waals surface area contributed by atoms with Crippen molar-refractivity contribution >= 4 is 17.4 Å². The van der Waals surface area contributed by atoms with Gasteiger partial charge in [0.2, 0.25) is 0 Å². The summed E-state index contributed by atoms with van der Waals surface area (Å²) in [4.78, 5) is 21.5. The summed E-state index contributed by atoms with van der Waals surface area (Å²) in [6.45, 7) is 18.9. The Morgan fingerprint density at radius 3 is 1.03 bits per heavy atom. The molecule has 2 aromatic carbocycles. The molecule has 0 unspecified atom stereocenters. The second-order valence-corrected chi connectivity index (χ2v) is 15.5. The van der Waals surface area contributed by atoms with Crippen molar-refractivity contribution in [2.75, 3.05) is 6.61 Å². The number of hydrogen-bond donors (Lipinski definition) is 1. The van der Waals surface area contributed by atoms with Crippen molar-refractivity contribution in [3.8, 4) is 23.3 Å². The number of hydrogen-bond acceptors (Lipinski definition) is 6. The number of rotatable bonds is 10. The molecule has 0 amide bonds. The van der Waals surface area contributed by atoms with Crippen LogP contribution in [0.25, 0.3) is 34.4 Å². The quantitative estimate of drug-likeness (QED) is 0.0830. The Balaban J connectivity index is 0.000000221. The SMILES string of the molecule is Cc1ccc(C)n1-c1cc(/C(=C\C=O)c2ccccc2)cc(-n2c(C)ccc2C)n1.Cc1ccc(C)n1-c1cc(/C(=C\CO)c2ccccc2)cc(-n2c(C)ccc2C)n1.[2H]CC.[O]=[Mn]=[O]. The van der Waals surface area contributed by atoms with E-state index in [1.165, 1.54) is 0 Å². The summed E-state index contributed by atoms with van der Waals surface area (Å²) in [6, 6.07) is 45.3. The number of aliphatic hydroxyl groups is 1. The summed E-state index contributed by atoms with van der Waals surface area (Å²) >= 11 is -1.44. The van der Waals surface area contributed by atoms with Crippen LogP contribution in [-0.4, -0.2) is 46.2 Å². The van der Waals surface area contributed by atoms with Crippen LogP contribution < -0.4 is 0 Å². The van der Waals surface area contributed by atoms with Gasteiger partial charge in [-0.1, -0.05) is 80.6 Å². The van der Waals surface area contributed by atoms with Crippen molar-refractivity contribution in [3.05, 3.63) is 213 Å². The number of carbonyl (C=O) groups excluding carboxylic acids is 1. The average Bonchev–Trinajstić information content (AvgIpc) is 4.05. The molecule has 8 rings (SSSR count). The molecule has 0 aliphatic carbocycles. The number of benzene rings is 2. The molecule has 0 atom stereocenters. The number of nitrogens with zero attached hydrogens (tertiary/aromatic N) is 6. The Kier molecular flexibility index (Phi) is 16.9. The molecule has 0 aliphatic heterocycles. The van der Waals surface area contributed by atoms with Crippen molar-refractivity contribution in [2.24, 2.45) is 0 Å². The normalized spacial score (nSPS) is 11.3. The first-order valence-corrected chi connectivity index (χ1v) is 22.2. The molecule has 335 valence electrons. The number of allylic oxidation sites excluding steroid dienone is 1. The van der Waals surface area contributed by atoms with E-state index in [1.807, 2.05) is 54.6 Å². The summed E-state index contributed by atoms with van der Waals surface area (Å²) < 4.78 is 31.6. The second kappa shape index (κ2) is 23.1. The standard InChI is InChI=1S/C26H27N3O.C26H25N3O.C2H6.Mn.2O/c2*1-18-10-11-19(2)28(18)25-16-23(24(14-15-30)22-8-6-5-7-9-22)17-26(27-25)29-20(3)12-13-21(29)4;1-2;;;/h5-14,16-17,30H,15H2,1-4H3;5-17H,1-4H3;1-2H3;;;/b2*24-14-;;;;/i;;1D;;;. The fourth-order valence-electron chi connectivity index (χ4n) is 8.05. The molecule has 0 saturated carbocycles. The van der Waals surface area contributed by atoms with E-state index in [1.54, 1.807) is 13.0 Å². The van der Waals surface area contributed by atoms with E-state index in [2.05, 4.69) is 159 Å². The summed E-state index contributed by atoms with van der Waals surface area (Å²) in [5.74, 6) is 3.41. The molecule has 10 nitrogen and oxygen atoms in total. The van der Waals surface area contributed by atoms with Crippen molar-refractivity contribution in [1.29, 1.82) is 0 Å². The molecule has 0 spiro atoms. The Labute approximate surface area is 390 Å². The van der Waals surface area contributed by atoms with Crippen molar-refractivity contribution in [1.82, 2.24) is 28.2 Å². The van der Waals surface area contributed by atoms with Gasteiger partial charge in [-0.15, -0.1) is 0 Å². The van der Waals surface area contributed by atoms with E-state index in [-0.39, 0.29) is 6.61 Å². The van der Waals surface area contributed by atoms with Crippen LogP contribution in [-0.2, 0) is 27.3 Å². The van der Waals surface area contributed by atoms with Gasteiger partial charge in [0.25, 0.3) is 0 Å². The molecule has 11 heteroatoms. The van der Waals surface area contributed by atoms with E-state index < -0.39 is 14.8 Å². The Bertz CT molecular complexity index is 2780. The van der Waals surface area contributed by atoms with Crippen LogP contribution in [0.3, 0.4) is 0 Å². The molecule has 6 heterocycles. The summed E-state index contributed by atoms with van der Waals surface area (Å²) in [7, 11) is 0. The predicted octanol–water partition coefficient (Wildman–Crippen LogP) is 11.6. The van der Waals surface area contributed by atoms with Crippen molar-refractivity contribution in [3.63, 3.8) is 0 Å². The van der Waals surface area contributed by atoms with Gasteiger partial charge in [-0.2, -0.15) is 0 Å². The maximum atomic E-state index is 11.5. The average molecular weight is 911 g/mol. The molecular weight excluding hydrogens is 852 g/mol. The summed E-state index contributed by atoms with van der Waals surface area (Å²) in [6.07, 6.45) is 4.34. The monoisotopic (exact) mass is 910 g/mol. The first-order chi connectivity index (χ1) is 31.8. The zero-order valence-electron chi connectivity index (χ0n) is 39.6. The zero-order chi connectivity index (χ0) is 47.9. The van der Waals surface area contributed by atoms with Crippen molar-refractivity contribution < 1.29 is 33.8 Å². The van der Waals surface area contributed by atoms with Crippen LogP contribution in [0.2, 0.25) is 0 Å². The third-order valence-corrected chi connectivity index (χ3v) is 10.9. The number of carbonyl (C=O) groups is 1. The van der Waals surface area contributed by atoms with Crippen LogP contribution in [0.1, 0.15) is 83.0 Å². The third-order valence-electron chi connectivity index (χ3n) is 10.9. The Morgan fingerprint density at radius 2 is 0.769 bits per heavy atom. The zero-order valence-corrected chi connectivity index (χ0v) is 39.8. The molecule has 0 radical (unpaired) electrons. The number of aliphatic hydroxyl groups excluding tert-OH is 1. The van der Waals surface area contributed by atoms with Gasteiger partial charge in [-0.3, -0.25) is 4.79 Å². The Hall–Kier alpha value is -6.91. The topological polar surface area (TPSA) is 117 Å². The number of aryl methyl sites for hydroxylation is 8. The molecule has 65 heavy (non-hydrogen) atoms. The minimum absolute atomic E-state index is 0.0274. The van der Waals surface area contributed by atoms with Gasteiger partial charge < -0.3 is 23.4 Å². The van der Waals surface area contributed by atoms with Crippen LogP contribution in [0.5, 0.6) is 0 Å². The van der Waals surface area contributed by atoms with E-state index >= 15 is 0 Å². The van der Waals surface area contributed by atoms with Crippen LogP contribution in [0.4, 0.5) is 0 Å². The van der Waals surface area contributed by atoms with E-state index in [4.69, 9.17) is 19.0 Å². The summed E-state index contributed by atoms with van der Waals surface area (Å²) in [5, 5.41) is 9.74. The summed E-state index contributed by atoms with van der Waals surface area (Å²) in [5.41, 5.74) is 14.9. The molecule has 0 aliphatic rings. The van der Waals surface area contributed by atoms with E-state index in [0.717, 1.165) is 109 Å². The number of aromatic nitrogens is 6. The predicted molar refractivity (Wildman–Crippen MR) is 257 cm³/mol. The first kappa shape index (κ1) is 47.6. The van der Waals surface area contributed by atoms with Crippen LogP contribution >= 0.6 is 0 Å². The molecule has 8 aromatic rings. The molecule has 1 N–H and O–H groups in total. The second-order valence-electron chi connectivity index (χ2n) is 15.3. The molecule has 0 fully saturated rings. The maximum absolute atomic E-state index is 11.5. The van der Waals surface area contributed by atoms with Crippen molar-refractivity contribution in [2.45, 2.75) is 69.2 Å². The third kappa shape index (κ3) is 11.4. The minimum atomic E-state index is -1.44. The van der Waals surface area contributed by atoms with Gasteiger partial charge in [0.1, 0.15) is 29.6 Å². The van der Waals surface area contributed by atoms with E-state index in [9.17, 15) is 9.90 Å². The van der Waals surface area contributed by atoms with E-state index in [0.29, 0.717) is 6.90 Å². The van der Waals surface area contributed by atoms with Gasteiger partial charge in [0.15, 0.2) is 0 Å². The first-order valence-electron chi connectivity index (χ1n) is 21.9. The van der Waals surface area contributed by atoms with Gasteiger partial charge in [0.05, 0.1) is 6.61 Å². The molecule has 0 saturated heterocycles. The Morgan fingerprint density at radius 1 is 0.508 bits per heavy atom. The van der Waals surface area contributed by atoms with Gasteiger partial charge in [0, 0.05) is 46.9 Å². The number of pyridine rings is 2. The van der Waals surface area contributed by atoms with Gasteiger partial charge >= 0.3 is 22.5 Å². The fourth-order valence-corrected chi connectivity index (χ4v) is 8.05. The molecular formula is C54H58MnN6O4. The molecule has 0 bridgehead atoms. The fraction of sp³-hybridized carbons (Fsp3) is 0.204. The van der Waals surface area contributed by atoms with Gasteiger partial charge in [-0.25, -0.2) is 9.97 Å².